The molecule has 2 heterocycles. The van der Waals surface area contributed by atoms with Gasteiger partial charge < -0.3 is 9.64 Å². The van der Waals surface area contributed by atoms with Gasteiger partial charge in [-0.1, -0.05) is 0 Å². The van der Waals surface area contributed by atoms with Crippen LogP contribution < -0.4 is 0 Å². The molecule has 23 heavy (non-hydrogen) atoms. The molecule has 0 amide bonds. The number of rotatable bonds is 0. The highest BCUT2D eigenvalue weighted by molar-refractivity contribution is 5.52. The van der Waals surface area contributed by atoms with E-state index < -0.39 is 11.3 Å². The zero-order valence-electron chi connectivity index (χ0n) is 14.5. The molecule has 1 saturated heterocycles. The molecule has 2 aliphatic carbocycles. The third-order valence-corrected chi connectivity index (χ3v) is 6.04. The topological polar surface area (TPSA) is 36.3 Å². The van der Waals surface area contributed by atoms with E-state index >= 15 is 0 Å². The molecule has 0 radical (unpaired) electrons. The molecule has 0 spiro atoms. The Morgan fingerprint density at radius 1 is 1.00 bits per heavy atom. The van der Waals surface area contributed by atoms with Crippen LogP contribution in [0.2, 0.25) is 0 Å². The number of hydrogen-bond acceptors (Lipinski definition) is 3. The molecule has 1 unspecified atom stereocenters. The minimum Gasteiger partial charge on any atom is -0.339 e. The molecule has 0 aromatic rings. The summed E-state index contributed by atoms with van der Waals surface area (Å²) in [5, 5.41) is 9.32. The normalized spacial score (nSPS) is 34.2. The quantitative estimate of drug-likeness (QED) is 0.595. The van der Waals surface area contributed by atoms with Gasteiger partial charge in [-0.05, 0) is 88.9 Å². The fourth-order valence-corrected chi connectivity index (χ4v) is 5.20. The second-order valence-corrected chi connectivity index (χ2v) is 7.89. The molecule has 0 N–H and O–H groups in total. The van der Waals surface area contributed by atoms with Crippen molar-refractivity contribution < 1.29 is 4.74 Å². The van der Waals surface area contributed by atoms with Crippen LogP contribution in [0.1, 0.15) is 72.1 Å². The molecule has 3 heteroatoms. The SMILES string of the molecule is CC1(C)OC2(C)C3=C(CCCC3)C3=C(CCCC3)N2/C1=C\C#N. The molecule has 1 atom stereocenters. The molecule has 4 rings (SSSR count). The standard InChI is InChI=1S/C20H26N2O/c1-19(2)18(12-13-21)22-17-11-7-5-9-15(17)14-8-4-6-10-16(14)20(22,3)23-19/h12H,4-11H2,1-3H3/b18-12-. The minimum atomic E-state index is -0.417. The number of hydrogen-bond donors (Lipinski definition) is 0. The van der Waals surface area contributed by atoms with Crippen molar-refractivity contribution in [3.8, 4) is 6.07 Å². The van der Waals surface area contributed by atoms with Gasteiger partial charge >= 0.3 is 0 Å². The average molecular weight is 310 g/mol. The fraction of sp³-hybridized carbons (Fsp3) is 0.650. The summed E-state index contributed by atoms with van der Waals surface area (Å²) >= 11 is 0. The number of fused-ring (bicyclic) bond motifs is 4. The first-order valence-electron chi connectivity index (χ1n) is 9.04. The van der Waals surface area contributed by atoms with Crippen molar-refractivity contribution in [1.82, 2.24) is 4.90 Å². The molecule has 3 nitrogen and oxygen atoms in total. The lowest BCUT2D eigenvalue weighted by molar-refractivity contribution is -0.0892. The van der Waals surface area contributed by atoms with Gasteiger partial charge in [0, 0.05) is 11.8 Å². The van der Waals surface area contributed by atoms with Gasteiger partial charge in [0.25, 0.3) is 0 Å². The number of ether oxygens (including phenoxy) is 1. The first-order chi connectivity index (χ1) is 11.0. The largest absolute Gasteiger partial charge is 0.339 e. The van der Waals surface area contributed by atoms with Crippen molar-refractivity contribution in [1.29, 1.82) is 5.26 Å². The Bertz CT molecular complexity index is 689. The Hall–Kier alpha value is -1.53. The molecule has 4 aliphatic rings. The van der Waals surface area contributed by atoms with Crippen molar-refractivity contribution in [3.63, 3.8) is 0 Å². The monoisotopic (exact) mass is 310 g/mol. The van der Waals surface area contributed by atoms with Crippen LogP contribution >= 0.6 is 0 Å². The van der Waals surface area contributed by atoms with Gasteiger partial charge in [0.2, 0.25) is 0 Å². The Morgan fingerprint density at radius 3 is 2.39 bits per heavy atom. The molecule has 0 aromatic carbocycles. The average Bonchev–Trinajstić information content (AvgIpc) is 2.75. The Labute approximate surface area is 139 Å². The summed E-state index contributed by atoms with van der Waals surface area (Å²) in [4.78, 5) is 2.40. The number of nitrogens with zero attached hydrogens (tertiary/aromatic N) is 2. The van der Waals surface area contributed by atoms with E-state index in [-0.39, 0.29) is 0 Å². The van der Waals surface area contributed by atoms with E-state index in [1.807, 2.05) is 0 Å². The van der Waals surface area contributed by atoms with E-state index in [0.29, 0.717) is 0 Å². The third-order valence-electron chi connectivity index (χ3n) is 6.04. The first kappa shape index (κ1) is 15.0. The van der Waals surface area contributed by atoms with Crippen LogP contribution in [0.5, 0.6) is 0 Å². The van der Waals surface area contributed by atoms with Crippen molar-refractivity contribution in [2.45, 2.75) is 83.5 Å². The highest BCUT2D eigenvalue weighted by Gasteiger charge is 2.56. The Kier molecular flexibility index (Phi) is 3.25. The minimum absolute atomic E-state index is 0.391. The molecule has 0 saturated carbocycles. The molecular weight excluding hydrogens is 284 g/mol. The Balaban J connectivity index is 1.97. The first-order valence-corrected chi connectivity index (χ1v) is 9.04. The lowest BCUT2D eigenvalue weighted by Gasteiger charge is -2.47. The van der Waals surface area contributed by atoms with Crippen molar-refractivity contribution in [2.75, 3.05) is 0 Å². The summed E-state index contributed by atoms with van der Waals surface area (Å²) in [5.74, 6) is 0. The van der Waals surface area contributed by atoms with Crippen LogP contribution in [0.3, 0.4) is 0 Å². The molecular formula is C20H26N2O. The maximum Gasteiger partial charge on any atom is 0.166 e. The maximum atomic E-state index is 9.32. The molecule has 122 valence electrons. The summed E-state index contributed by atoms with van der Waals surface area (Å²) in [6, 6.07) is 2.26. The molecule has 1 fully saturated rings. The zero-order chi connectivity index (χ0) is 16.2. The van der Waals surface area contributed by atoms with Crippen LogP contribution in [0.15, 0.2) is 34.2 Å². The van der Waals surface area contributed by atoms with E-state index in [2.05, 4.69) is 31.7 Å². The fourth-order valence-electron chi connectivity index (χ4n) is 5.20. The maximum absolute atomic E-state index is 9.32. The van der Waals surface area contributed by atoms with Gasteiger partial charge in [0.05, 0.1) is 11.8 Å². The lowest BCUT2D eigenvalue weighted by atomic mass is 9.75. The summed E-state index contributed by atoms with van der Waals surface area (Å²) in [6.45, 7) is 6.43. The van der Waals surface area contributed by atoms with E-state index in [1.54, 1.807) is 17.2 Å². The third kappa shape index (κ3) is 1.97. The number of allylic oxidation sites excluding steroid dienone is 4. The van der Waals surface area contributed by atoms with Gasteiger partial charge in [-0.2, -0.15) is 5.26 Å². The van der Waals surface area contributed by atoms with Gasteiger partial charge in [-0.15, -0.1) is 0 Å². The van der Waals surface area contributed by atoms with Crippen molar-refractivity contribution in [2.24, 2.45) is 0 Å². The zero-order valence-corrected chi connectivity index (χ0v) is 14.5. The van der Waals surface area contributed by atoms with Gasteiger partial charge in [-0.25, -0.2) is 0 Å². The van der Waals surface area contributed by atoms with Gasteiger partial charge in [-0.3, -0.25) is 0 Å². The predicted octanol–water partition coefficient (Wildman–Crippen LogP) is 4.93. The summed E-state index contributed by atoms with van der Waals surface area (Å²) in [5.41, 5.74) is 6.32. The van der Waals surface area contributed by atoms with E-state index in [4.69, 9.17) is 4.74 Å². The second kappa shape index (κ2) is 4.98. The Morgan fingerprint density at radius 2 is 1.65 bits per heavy atom. The van der Waals surface area contributed by atoms with E-state index in [1.165, 1.54) is 49.8 Å². The van der Waals surface area contributed by atoms with Crippen molar-refractivity contribution >= 4 is 0 Å². The van der Waals surface area contributed by atoms with Gasteiger partial charge in [0.1, 0.15) is 5.60 Å². The summed E-state index contributed by atoms with van der Waals surface area (Å²) in [6.07, 6.45) is 11.5. The van der Waals surface area contributed by atoms with E-state index in [0.717, 1.165) is 18.5 Å². The smallest absolute Gasteiger partial charge is 0.166 e. The van der Waals surface area contributed by atoms with Crippen LogP contribution in [-0.2, 0) is 4.74 Å². The van der Waals surface area contributed by atoms with Crippen LogP contribution in [-0.4, -0.2) is 16.2 Å². The van der Waals surface area contributed by atoms with Crippen LogP contribution in [0.25, 0.3) is 0 Å². The van der Waals surface area contributed by atoms with Crippen molar-refractivity contribution in [3.05, 3.63) is 34.2 Å². The van der Waals surface area contributed by atoms with Crippen LogP contribution in [0, 0.1) is 11.3 Å². The summed E-state index contributed by atoms with van der Waals surface area (Å²) in [7, 11) is 0. The molecule has 0 bridgehead atoms. The highest BCUT2D eigenvalue weighted by Crippen LogP contribution is 2.57. The van der Waals surface area contributed by atoms with E-state index in [9.17, 15) is 5.26 Å². The highest BCUT2D eigenvalue weighted by atomic mass is 16.6. The van der Waals surface area contributed by atoms with Crippen LogP contribution in [0.4, 0.5) is 0 Å². The summed E-state index contributed by atoms with van der Waals surface area (Å²) < 4.78 is 6.64. The van der Waals surface area contributed by atoms with Gasteiger partial charge in [0.15, 0.2) is 5.72 Å². The number of nitriles is 1. The predicted molar refractivity (Wildman–Crippen MR) is 90.1 cm³/mol. The molecule has 2 aliphatic heterocycles. The molecule has 0 aromatic heterocycles. The lowest BCUT2D eigenvalue weighted by Crippen LogP contribution is -2.47. The second-order valence-electron chi connectivity index (χ2n) is 7.89.